The van der Waals surface area contributed by atoms with Crippen LogP contribution in [-0.4, -0.2) is 39.4 Å². The molecule has 1 saturated heterocycles. The van der Waals surface area contributed by atoms with Crippen LogP contribution in [0.25, 0.3) is 11.5 Å². The molecule has 3 rings (SSSR count). The van der Waals surface area contributed by atoms with Crippen molar-refractivity contribution in [1.29, 1.82) is 0 Å². The maximum Gasteiger partial charge on any atom is 0.322 e. The van der Waals surface area contributed by atoms with E-state index in [0.29, 0.717) is 15.6 Å². The second-order valence-corrected chi connectivity index (χ2v) is 5.87. The van der Waals surface area contributed by atoms with Gasteiger partial charge in [0.25, 0.3) is 0 Å². The van der Waals surface area contributed by atoms with E-state index in [1.165, 1.54) is 0 Å². The lowest BCUT2D eigenvalue weighted by atomic mass is 10.2. The lowest BCUT2D eigenvalue weighted by Crippen LogP contribution is -2.36. The average Bonchev–Trinajstić information content (AvgIpc) is 3.08. The second-order valence-electron chi connectivity index (χ2n) is 4.99. The Hall–Kier alpha value is -2.45. The Bertz CT molecular complexity index is 800. The normalized spacial score (nSPS) is 14.3. The maximum atomic E-state index is 11.9. The van der Waals surface area contributed by atoms with Gasteiger partial charge in [-0.3, -0.25) is 24.6 Å². The number of rotatable bonds is 4. The molecule has 0 radical (unpaired) electrons. The Labute approximate surface area is 145 Å². The number of nitrogens with one attached hydrogen (secondary N) is 1. The minimum Gasteiger partial charge on any atom is -0.403 e. The molecule has 1 N–H and O–H groups in total. The molecule has 1 aromatic carbocycles. The van der Waals surface area contributed by atoms with Gasteiger partial charge in [-0.15, -0.1) is 5.10 Å². The largest absolute Gasteiger partial charge is 0.403 e. The highest BCUT2D eigenvalue weighted by Crippen LogP contribution is 2.27. The second kappa shape index (κ2) is 6.58. The molecule has 10 heteroatoms. The van der Waals surface area contributed by atoms with Crippen molar-refractivity contribution in [3.05, 3.63) is 28.2 Å². The van der Waals surface area contributed by atoms with E-state index in [0.717, 1.165) is 4.90 Å². The van der Waals surface area contributed by atoms with Crippen molar-refractivity contribution in [3.63, 3.8) is 0 Å². The quantitative estimate of drug-likeness (QED) is 0.828. The van der Waals surface area contributed by atoms with Crippen LogP contribution >= 0.6 is 23.2 Å². The summed E-state index contributed by atoms with van der Waals surface area (Å²) in [6.07, 6.45) is 0.235. The zero-order chi connectivity index (χ0) is 17.3. The van der Waals surface area contributed by atoms with Crippen molar-refractivity contribution >= 4 is 46.9 Å². The molecule has 0 spiro atoms. The van der Waals surface area contributed by atoms with Gasteiger partial charge in [-0.1, -0.05) is 28.3 Å². The fraction of sp³-hybridized carbons (Fsp3) is 0.214. The SMILES string of the molecule is O=C(CN1C(=O)CCC1=O)Nc1nnc(-c2cc(Cl)cc(Cl)c2)o1. The van der Waals surface area contributed by atoms with Crippen LogP contribution in [0.1, 0.15) is 12.8 Å². The topological polar surface area (TPSA) is 105 Å². The minimum atomic E-state index is -0.613. The first-order valence-electron chi connectivity index (χ1n) is 6.85. The molecular formula is C14H10Cl2N4O4. The van der Waals surface area contributed by atoms with Gasteiger partial charge in [0.1, 0.15) is 6.54 Å². The summed E-state index contributed by atoms with van der Waals surface area (Å²) in [5, 5.41) is 10.6. The zero-order valence-electron chi connectivity index (χ0n) is 12.1. The Morgan fingerprint density at radius 1 is 1.12 bits per heavy atom. The van der Waals surface area contributed by atoms with Crippen LogP contribution in [-0.2, 0) is 14.4 Å². The van der Waals surface area contributed by atoms with E-state index in [1.807, 2.05) is 0 Å². The number of carbonyl (C=O) groups excluding carboxylic acids is 3. The van der Waals surface area contributed by atoms with Gasteiger partial charge < -0.3 is 4.42 Å². The first-order valence-corrected chi connectivity index (χ1v) is 7.61. The Kier molecular flexibility index (Phi) is 4.50. The molecule has 24 heavy (non-hydrogen) atoms. The number of imide groups is 1. The molecule has 1 aliphatic heterocycles. The minimum absolute atomic E-state index is 0.114. The van der Waals surface area contributed by atoms with Crippen LogP contribution in [0.2, 0.25) is 10.0 Å². The summed E-state index contributed by atoms with van der Waals surface area (Å²) in [6.45, 7) is -0.391. The number of halogens is 2. The molecule has 0 unspecified atom stereocenters. The number of benzene rings is 1. The van der Waals surface area contributed by atoms with Crippen molar-refractivity contribution in [2.45, 2.75) is 12.8 Å². The molecule has 2 aromatic rings. The predicted molar refractivity (Wildman–Crippen MR) is 84.3 cm³/mol. The van der Waals surface area contributed by atoms with E-state index < -0.39 is 12.5 Å². The molecule has 3 amide bonds. The number of hydrogen-bond acceptors (Lipinski definition) is 6. The summed E-state index contributed by atoms with van der Waals surface area (Å²) in [7, 11) is 0. The van der Waals surface area contributed by atoms with E-state index in [2.05, 4.69) is 15.5 Å². The molecule has 0 bridgehead atoms. The van der Waals surface area contributed by atoms with Crippen molar-refractivity contribution in [3.8, 4) is 11.5 Å². The van der Waals surface area contributed by atoms with Crippen molar-refractivity contribution in [1.82, 2.24) is 15.1 Å². The molecule has 0 saturated carbocycles. The number of nitrogens with zero attached hydrogens (tertiary/aromatic N) is 3. The Morgan fingerprint density at radius 3 is 2.38 bits per heavy atom. The van der Waals surface area contributed by atoms with Gasteiger partial charge in [0.2, 0.25) is 23.6 Å². The third-order valence-corrected chi connectivity index (χ3v) is 3.67. The summed E-state index contributed by atoms with van der Waals surface area (Å²) in [5.41, 5.74) is 0.491. The number of aromatic nitrogens is 2. The van der Waals surface area contributed by atoms with Gasteiger partial charge in [0.05, 0.1) is 0 Å². The van der Waals surface area contributed by atoms with E-state index >= 15 is 0 Å². The van der Waals surface area contributed by atoms with Crippen LogP contribution in [0.3, 0.4) is 0 Å². The lowest BCUT2D eigenvalue weighted by molar-refractivity contribution is -0.141. The highest BCUT2D eigenvalue weighted by molar-refractivity contribution is 6.35. The molecule has 124 valence electrons. The van der Waals surface area contributed by atoms with Gasteiger partial charge in [-0.05, 0) is 18.2 Å². The molecule has 2 heterocycles. The standard InChI is InChI=1S/C14H10Cl2N4O4/c15-8-3-7(4-9(16)5-8)13-18-19-14(24-13)17-10(21)6-20-11(22)1-2-12(20)23/h3-5H,1-2,6H2,(H,17,19,21). The maximum absolute atomic E-state index is 11.9. The van der Waals surface area contributed by atoms with E-state index in [4.69, 9.17) is 27.6 Å². The van der Waals surface area contributed by atoms with Gasteiger partial charge in [0, 0.05) is 28.5 Å². The summed E-state index contributed by atoms with van der Waals surface area (Å²) in [6, 6.07) is 4.54. The smallest absolute Gasteiger partial charge is 0.322 e. The van der Waals surface area contributed by atoms with Crippen LogP contribution in [0.15, 0.2) is 22.6 Å². The molecule has 8 nitrogen and oxygen atoms in total. The number of amides is 3. The number of anilines is 1. The summed E-state index contributed by atoms with van der Waals surface area (Å²) in [5.74, 6) is -1.26. The summed E-state index contributed by atoms with van der Waals surface area (Å²) in [4.78, 5) is 35.7. The number of likely N-dealkylation sites (tertiary alicyclic amines) is 1. The summed E-state index contributed by atoms with van der Waals surface area (Å²) < 4.78 is 5.31. The van der Waals surface area contributed by atoms with Crippen LogP contribution in [0, 0.1) is 0 Å². The molecular weight excluding hydrogens is 359 g/mol. The zero-order valence-corrected chi connectivity index (χ0v) is 13.6. The van der Waals surface area contributed by atoms with E-state index in [9.17, 15) is 14.4 Å². The van der Waals surface area contributed by atoms with Crippen molar-refractivity contribution in [2.75, 3.05) is 11.9 Å². The van der Waals surface area contributed by atoms with Gasteiger partial charge in [-0.2, -0.15) is 0 Å². The van der Waals surface area contributed by atoms with Crippen LogP contribution < -0.4 is 5.32 Å². The van der Waals surface area contributed by atoms with E-state index in [-0.39, 0.29) is 36.6 Å². The highest BCUT2D eigenvalue weighted by Gasteiger charge is 2.30. The predicted octanol–water partition coefficient (Wildman–Crippen LogP) is 2.13. The third kappa shape index (κ3) is 3.55. The fourth-order valence-electron chi connectivity index (χ4n) is 2.17. The van der Waals surface area contributed by atoms with Crippen molar-refractivity contribution in [2.24, 2.45) is 0 Å². The molecule has 1 fully saturated rings. The third-order valence-electron chi connectivity index (χ3n) is 3.24. The highest BCUT2D eigenvalue weighted by atomic mass is 35.5. The first kappa shape index (κ1) is 16.4. The molecule has 1 aromatic heterocycles. The van der Waals surface area contributed by atoms with Crippen molar-refractivity contribution < 1.29 is 18.8 Å². The van der Waals surface area contributed by atoms with Gasteiger partial charge >= 0.3 is 6.01 Å². The molecule has 1 aliphatic rings. The Balaban J connectivity index is 1.68. The number of hydrogen-bond donors (Lipinski definition) is 1. The fourth-order valence-corrected chi connectivity index (χ4v) is 2.70. The lowest BCUT2D eigenvalue weighted by Gasteiger charge is -2.11. The Morgan fingerprint density at radius 2 is 1.75 bits per heavy atom. The van der Waals surface area contributed by atoms with Gasteiger partial charge in [-0.25, -0.2) is 0 Å². The summed E-state index contributed by atoms with van der Waals surface area (Å²) >= 11 is 11.8. The monoisotopic (exact) mass is 368 g/mol. The van der Waals surface area contributed by atoms with Gasteiger partial charge in [0.15, 0.2) is 0 Å². The first-order chi connectivity index (χ1) is 11.4. The molecule has 0 atom stereocenters. The average molecular weight is 369 g/mol. The van der Waals surface area contributed by atoms with Crippen LogP contribution in [0.4, 0.5) is 6.01 Å². The van der Waals surface area contributed by atoms with E-state index in [1.54, 1.807) is 18.2 Å². The number of carbonyl (C=O) groups is 3. The molecule has 0 aliphatic carbocycles. The van der Waals surface area contributed by atoms with Crippen LogP contribution in [0.5, 0.6) is 0 Å².